The van der Waals surface area contributed by atoms with Gasteiger partial charge >= 0.3 is 6.18 Å². The van der Waals surface area contributed by atoms with Crippen molar-refractivity contribution in [1.82, 2.24) is 0 Å². The first-order valence-corrected chi connectivity index (χ1v) is 6.57. The van der Waals surface area contributed by atoms with E-state index in [4.69, 9.17) is 17.3 Å². The van der Waals surface area contributed by atoms with Crippen LogP contribution < -0.4 is 5.73 Å². The Kier molecular flexibility index (Phi) is 6.11. The van der Waals surface area contributed by atoms with E-state index in [0.717, 1.165) is 4.90 Å². The second-order valence-corrected chi connectivity index (χ2v) is 5.10. The first-order chi connectivity index (χ1) is 8.38. The lowest BCUT2D eigenvalue weighted by Gasteiger charge is -2.08. The summed E-state index contributed by atoms with van der Waals surface area (Å²) in [7, 11) is 0. The minimum Gasteiger partial charge on any atom is -0.399 e. The summed E-state index contributed by atoms with van der Waals surface area (Å²) in [6.45, 7) is -1.11. The lowest BCUT2D eigenvalue weighted by molar-refractivity contribution is -0.173. The molecule has 1 aromatic carbocycles. The molecule has 0 heterocycles. The molecule has 0 saturated heterocycles. The van der Waals surface area contributed by atoms with E-state index >= 15 is 0 Å². The summed E-state index contributed by atoms with van der Waals surface area (Å²) in [5.41, 5.74) is 6.12. The fourth-order valence-electron chi connectivity index (χ4n) is 1.17. The summed E-state index contributed by atoms with van der Waals surface area (Å²) in [6.07, 6.45) is -3.73. The molecule has 0 fully saturated rings. The maximum absolute atomic E-state index is 11.8. The lowest BCUT2D eigenvalue weighted by atomic mass is 10.3. The Morgan fingerprint density at radius 3 is 2.67 bits per heavy atom. The van der Waals surface area contributed by atoms with Crippen molar-refractivity contribution in [2.75, 3.05) is 24.7 Å². The molecule has 102 valence electrons. The third-order valence-electron chi connectivity index (χ3n) is 1.91. The van der Waals surface area contributed by atoms with Gasteiger partial charge in [0.15, 0.2) is 0 Å². The number of halogens is 4. The number of nitrogens with two attached hydrogens (primary N) is 1. The van der Waals surface area contributed by atoms with Crippen molar-refractivity contribution in [3.8, 4) is 0 Å². The normalized spacial score (nSPS) is 11.8. The van der Waals surface area contributed by atoms with Crippen molar-refractivity contribution < 1.29 is 17.9 Å². The van der Waals surface area contributed by atoms with Gasteiger partial charge in [0.2, 0.25) is 0 Å². The lowest BCUT2D eigenvalue weighted by Crippen LogP contribution is -2.17. The number of thioether (sulfide) groups is 1. The molecule has 0 spiro atoms. The average molecular weight is 300 g/mol. The zero-order chi connectivity index (χ0) is 13.6. The van der Waals surface area contributed by atoms with Crippen LogP contribution in [0.15, 0.2) is 23.1 Å². The molecule has 0 amide bonds. The summed E-state index contributed by atoms with van der Waals surface area (Å²) in [5, 5.41) is 0.552. The Balaban J connectivity index is 2.18. The molecule has 18 heavy (non-hydrogen) atoms. The third kappa shape index (κ3) is 6.37. The van der Waals surface area contributed by atoms with E-state index in [1.807, 2.05) is 0 Å². The van der Waals surface area contributed by atoms with Crippen LogP contribution in [0.2, 0.25) is 5.02 Å². The first-order valence-electron chi connectivity index (χ1n) is 5.21. The number of hydrogen-bond donors (Lipinski definition) is 1. The predicted molar refractivity (Wildman–Crippen MR) is 68.1 cm³/mol. The van der Waals surface area contributed by atoms with Crippen molar-refractivity contribution >= 4 is 29.1 Å². The third-order valence-corrected chi connectivity index (χ3v) is 3.50. The summed E-state index contributed by atoms with van der Waals surface area (Å²) in [4.78, 5) is 0.863. The van der Waals surface area contributed by atoms with E-state index in [-0.39, 0.29) is 6.61 Å². The Morgan fingerprint density at radius 1 is 1.33 bits per heavy atom. The number of ether oxygens (including phenoxy) is 1. The monoisotopic (exact) mass is 299 g/mol. The fraction of sp³-hybridized carbons (Fsp3) is 0.455. The van der Waals surface area contributed by atoms with E-state index in [2.05, 4.69) is 4.74 Å². The molecule has 0 aromatic heterocycles. The molecule has 0 saturated carbocycles. The molecule has 2 N–H and O–H groups in total. The molecule has 7 heteroatoms. The molecule has 0 radical (unpaired) electrons. The standard InChI is InChI=1S/C11H13ClF3NOS/c12-9-6-8(16)2-3-10(9)18-5-1-4-17-7-11(13,14)15/h2-3,6H,1,4-5,7,16H2. The highest BCUT2D eigenvalue weighted by Gasteiger charge is 2.27. The van der Waals surface area contributed by atoms with Gasteiger partial charge in [-0.3, -0.25) is 0 Å². The van der Waals surface area contributed by atoms with Gasteiger partial charge in [-0.25, -0.2) is 0 Å². The smallest absolute Gasteiger partial charge is 0.399 e. The Bertz CT molecular complexity index is 387. The molecule has 0 aliphatic carbocycles. The van der Waals surface area contributed by atoms with Crippen molar-refractivity contribution in [2.24, 2.45) is 0 Å². The zero-order valence-electron chi connectivity index (χ0n) is 9.47. The SMILES string of the molecule is Nc1ccc(SCCCOCC(F)(F)F)c(Cl)c1. The molecule has 0 aliphatic heterocycles. The van der Waals surface area contributed by atoms with Crippen LogP contribution in [0.4, 0.5) is 18.9 Å². The fourth-order valence-corrected chi connectivity index (χ4v) is 2.36. The number of rotatable bonds is 6. The van der Waals surface area contributed by atoms with Crippen molar-refractivity contribution in [2.45, 2.75) is 17.5 Å². The van der Waals surface area contributed by atoms with Gasteiger partial charge in [-0.2, -0.15) is 13.2 Å². The molecular weight excluding hydrogens is 287 g/mol. The molecule has 0 unspecified atom stereocenters. The van der Waals surface area contributed by atoms with Crippen LogP contribution in [0.1, 0.15) is 6.42 Å². The van der Waals surface area contributed by atoms with Gasteiger partial charge in [-0.1, -0.05) is 11.6 Å². The van der Waals surface area contributed by atoms with Crippen LogP contribution in [-0.4, -0.2) is 25.1 Å². The van der Waals surface area contributed by atoms with Crippen molar-refractivity contribution in [3.05, 3.63) is 23.2 Å². The quantitative estimate of drug-likeness (QED) is 0.490. The van der Waals surface area contributed by atoms with Gasteiger partial charge in [0.1, 0.15) is 6.61 Å². The highest BCUT2D eigenvalue weighted by Crippen LogP contribution is 2.29. The van der Waals surface area contributed by atoms with Crippen LogP contribution >= 0.6 is 23.4 Å². The molecule has 0 bridgehead atoms. The van der Waals surface area contributed by atoms with Gasteiger partial charge in [0.25, 0.3) is 0 Å². The summed E-state index contributed by atoms with van der Waals surface area (Å²) >= 11 is 7.41. The van der Waals surface area contributed by atoms with Gasteiger partial charge in [-0.05, 0) is 24.6 Å². The second kappa shape index (κ2) is 7.11. The highest BCUT2D eigenvalue weighted by atomic mass is 35.5. The van der Waals surface area contributed by atoms with Gasteiger partial charge in [0, 0.05) is 22.9 Å². The minimum absolute atomic E-state index is 0.0824. The van der Waals surface area contributed by atoms with Crippen molar-refractivity contribution in [3.63, 3.8) is 0 Å². The zero-order valence-corrected chi connectivity index (χ0v) is 11.0. The minimum atomic E-state index is -4.26. The average Bonchev–Trinajstić information content (AvgIpc) is 2.24. The Labute approximate surface area is 113 Å². The van der Waals surface area contributed by atoms with Crippen molar-refractivity contribution in [1.29, 1.82) is 0 Å². The maximum atomic E-state index is 11.8. The first kappa shape index (κ1) is 15.5. The summed E-state index contributed by atoms with van der Waals surface area (Å²) < 4.78 is 39.8. The molecule has 0 atom stereocenters. The number of anilines is 1. The molecular formula is C11H13ClF3NOS. The highest BCUT2D eigenvalue weighted by molar-refractivity contribution is 7.99. The molecule has 2 nitrogen and oxygen atoms in total. The van der Waals surface area contributed by atoms with Crippen LogP contribution in [0.25, 0.3) is 0 Å². The molecule has 1 rings (SSSR count). The number of nitrogen functional groups attached to an aromatic ring is 1. The topological polar surface area (TPSA) is 35.2 Å². The molecule has 0 aliphatic rings. The van der Waals surface area contributed by atoms with Gasteiger partial charge in [-0.15, -0.1) is 11.8 Å². The summed E-state index contributed by atoms with van der Waals surface area (Å²) in [5.74, 6) is 0.640. The number of alkyl halides is 3. The van der Waals surface area contributed by atoms with Crippen LogP contribution in [0, 0.1) is 0 Å². The Hall–Kier alpha value is -0.590. The predicted octanol–water partition coefficient (Wildman–Crippen LogP) is 3.98. The van der Waals surface area contributed by atoms with Gasteiger partial charge < -0.3 is 10.5 Å². The van der Waals surface area contributed by atoms with Crippen LogP contribution in [-0.2, 0) is 4.74 Å². The van der Waals surface area contributed by atoms with Crippen LogP contribution in [0.3, 0.4) is 0 Å². The number of benzene rings is 1. The van der Waals surface area contributed by atoms with Gasteiger partial charge in [0.05, 0.1) is 5.02 Å². The summed E-state index contributed by atoms with van der Waals surface area (Å²) in [6, 6.07) is 5.16. The number of hydrogen-bond acceptors (Lipinski definition) is 3. The Morgan fingerprint density at radius 2 is 2.06 bits per heavy atom. The van der Waals surface area contributed by atoms with E-state index in [9.17, 15) is 13.2 Å². The second-order valence-electron chi connectivity index (χ2n) is 3.56. The maximum Gasteiger partial charge on any atom is 0.411 e. The van der Waals surface area contributed by atoms with E-state index < -0.39 is 12.8 Å². The largest absolute Gasteiger partial charge is 0.411 e. The van der Waals surface area contributed by atoms with Crippen LogP contribution in [0.5, 0.6) is 0 Å². The van der Waals surface area contributed by atoms with E-state index in [1.165, 1.54) is 11.8 Å². The van der Waals surface area contributed by atoms with E-state index in [0.29, 0.717) is 22.9 Å². The molecule has 1 aromatic rings. The van der Waals surface area contributed by atoms with E-state index in [1.54, 1.807) is 18.2 Å².